The summed E-state index contributed by atoms with van der Waals surface area (Å²) in [7, 11) is 2.16. The van der Waals surface area contributed by atoms with Crippen molar-refractivity contribution in [3.8, 4) is 11.1 Å². The van der Waals surface area contributed by atoms with Gasteiger partial charge in [0, 0.05) is 25.0 Å². The van der Waals surface area contributed by atoms with E-state index in [9.17, 15) is 9.90 Å². The number of hydrogen-bond acceptors (Lipinski definition) is 3. The van der Waals surface area contributed by atoms with Crippen molar-refractivity contribution in [2.24, 2.45) is 0 Å². The molecule has 154 valence electrons. The van der Waals surface area contributed by atoms with Gasteiger partial charge in [0.15, 0.2) is 0 Å². The van der Waals surface area contributed by atoms with Crippen molar-refractivity contribution in [3.05, 3.63) is 88.2 Å². The number of pyridine rings is 1. The van der Waals surface area contributed by atoms with E-state index in [1.807, 2.05) is 0 Å². The summed E-state index contributed by atoms with van der Waals surface area (Å²) in [5, 5.41) is 9.46. The molecular formula is C26H28N2O2. The Morgan fingerprint density at radius 1 is 1.17 bits per heavy atom. The highest BCUT2D eigenvalue weighted by molar-refractivity contribution is 5.89. The molecule has 0 bridgehead atoms. The van der Waals surface area contributed by atoms with E-state index in [-0.39, 0.29) is 6.04 Å². The lowest BCUT2D eigenvalue weighted by molar-refractivity contribution is 0.0695. The van der Waals surface area contributed by atoms with Gasteiger partial charge in [0.2, 0.25) is 0 Å². The Balaban J connectivity index is 1.63. The van der Waals surface area contributed by atoms with Crippen LogP contribution in [-0.4, -0.2) is 34.6 Å². The molecule has 3 aromatic rings. The number of hydrogen-bond donors (Lipinski definition) is 1. The average molecular weight is 401 g/mol. The third-order valence-electron chi connectivity index (χ3n) is 6.36. The van der Waals surface area contributed by atoms with Crippen LogP contribution in [0.25, 0.3) is 11.1 Å². The van der Waals surface area contributed by atoms with Crippen molar-refractivity contribution >= 4 is 5.97 Å². The smallest absolute Gasteiger partial charge is 0.336 e. The molecule has 1 N–H and O–H groups in total. The van der Waals surface area contributed by atoms with Crippen LogP contribution in [0.4, 0.5) is 0 Å². The molecule has 1 atom stereocenters. The number of aryl methyl sites for hydroxylation is 3. The van der Waals surface area contributed by atoms with Gasteiger partial charge in [-0.2, -0.15) is 0 Å². The summed E-state index contributed by atoms with van der Waals surface area (Å²) in [6, 6.07) is 15.2. The normalized spacial score (nSPS) is 16.3. The summed E-state index contributed by atoms with van der Waals surface area (Å²) in [6.45, 7) is 5.35. The second-order valence-corrected chi connectivity index (χ2v) is 8.30. The Morgan fingerprint density at radius 3 is 2.67 bits per heavy atom. The monoisotopic (exact) mass is 400 g/mol. The molecule has 1 aliphatic rings. The van der Waals surface area contributed by atoms with Crippen LogP contribution in [0.1, 0.15) is 50.6 Å². The molecule has 4 rings (SSSR count). The lowest BCUT2D eigenvalue weighted by atomic mass is 9.86. The van der Waals surface area contributed by atoms with Crippen molar-refractivity contribution in [1.29, 1.82) is 0 Å². The SMILES string of the molecule is Cc1cccc(C)c1-c1ccc2c(c1)CCN(C)[C@H]2CCc1cnccc1C(=O)O. The van der Waals surface area contributed by atoms with E-state index in [2.05, 4.69) is 67.2 Å². The standard InChI is InChI=1S/C26H28N2O2/c1-17-5-4-6-18(2)25(17)20-7-9-22-19(15-20)12-14-28(3)24(22)10-8-21-16-27-13-11-23(21)26(29)30/h4-7,9,11,13,15-16,24H,8,10,12,14H2,1-3H3,(H,29,30)/t24-/m0/s1. The Morgan fingerprint density at radius 2 is 1.93 bits per heavy atom. The minimum atomic E-state index is -0.886. The number of aromatic nitrogens is 1. The molecule has 0 amide bonds. The van der Waals surface area contributed by atoms with E-state index in [1.165, 1.54) is 33.4 Å². The molecule has 0 aliphatic carbocycles. The number of likely N-dealkylation sites (N-methyl/N-ethyl adjacent to an activating group) is 1. The summed E-state index contributed by atoms with van der Waals surface area (Å²) in [6.07, 6.45) is 5.84. The fraction of sp³-hybridized carbons (Fsp3) is 0.308. The zero-order chi connectivity index (χ0) is 21.3. The fourth-order valence-electron chi connectivity index (χ4n) is 4.77. The third-order valence-corrected chi connectivity index (χ3v) is 6.36. The molecule has 0 fully saturated rings. The molecule has 1 aromatic heterocycles. The number of carboxylic acid groups (broad SMARTS) is 1. The van der Waals surface area contributed by atoms with Gasteiger partial charge in [-0.15, -0.1) is 0 Å². The molecule has 0 saturated heterocycles. The maximum Gasteiger partial charge on any atom is 0.336 e. The molecule has 0 radical (unpaired) electrons. The number of benzene rings is 2. The van der Waals surface area contributed by atoms with Crippen molar-refractivity contribution in [3.63, 3.8) is 0 Å². The van der Waals surface area contributed by atoms with E-state index in [4.69, 9.17) is 0 Å². The highest BCUT2D eigenvalue weighted by atomic mass is 16.4. The second kappa shape index (κ2) is 8.41. The van der Waals surface area contributed by atoms with Gasteiger partial charge in [-0.05, 0) is 85.2 Å². The maximum absolute atomic E-state index is 11.5. The fourth-order valence-corrected chi connectivity index (χ4v) is 4.77. The van der Waals surface area contributed by atoms with Crippen molar-refractivity contribution in [2.45, 2.75) is 39.2 Å². The van der Waals surface area contributed by atoms with Crippen LogP contribution >= 0.6 is 0 Å². The van der Waals surface area contributed by atoms with Crippen LogP contribution in [-0.2, 0) is 12.8 Å². The summed E-state index contributed by atoms with van der Waals surface area (Å²) in [4.78, 5) is 18.1. The van der Waals surface area contributed by atoms with Crippen molar-refractivity contribution in [2.75, 3.05) is 13.6 Å². The Hall–Kier alpha value is -2.98. The summed E-state index contributed by atoms with van der Waals surface area (Å²) < 4.78 is 0. The molecule has 0 spiro atoms. The first-order chi connectivity index (χ1) is 14.5. The van der Waals surface area contributed by atoms with Gasteiger partial charge in [-0.3, -0.25) is 9.88 Å². The quantitative estimate of drug-likeness (QED) is 0.637. The molecule has 2 heterocycles. The molecular weight excluding hydrogens is 372 g/mol. The Kier molecular flexibility index (Phi) is 5.69. The second-order valence-electron chi connectivity index (χ2n) is 8.30. The first kappa shape index (κ1) is 20.3. The number of carboxylic acids is 1. The van der Waals surface area contributed by atoms with Gasteiger partial charge >= 0.3 is 5.97 Å². The number of carbonyl (C=O) groups is 1. The van der Waals surface area contributed by atoms with Gasteiger partial charge in [0.25, 0.3) is 0 Å². The van der Waals surface area contributed by atoms with Gasteiger partial charge in [-0.1, -0.05) is 36.4 Å². The molecule has 4 nitrogen and oxygen atoms in total. The number of nitrogens with zero attached hydrogens (tertiary/aromatic N) is 2. The lowest BCUT2D eigenvalue weighted by Crippen LogP contribution is -2.32. The number of aromatic carboxylic acids is 1. The summed E-state index contributed by atoms with van der Waals surface area (Å²) in [5.41, 5.74) is 9.15. The molecule has 30 heavy (non-hydrogen) atoms. The van der Waals surface area contributed by atoms with Gasteiger partial charge in [0.1, 0.15) is 0 Å². The van der Waals surface area contributed by atoms with Crippen LogP contribution in [0.5, 0.6) is 0 Å². The van der Waals surface area contributed by atoms with Crippen molar-refractivity contribution in [1.82, 2.24) is 9.88 Å². The minimum Gasteiger partial charge on any atom is -0.478 e. The van der Waals surface area contributed by atoms with Gasteiger partial charge in [0.05, 0.1) is 5.56 Å². The predicted molar refractivity (Wildman–Crippen MR) is 120 cm³/mol. The highest BCUT2D eigenvalue weighted by Gasteiger charge is 2.25. The van der Waals surface area contributed by atoms with Crippen LogP contribution < -0.4 is 0 Å². The third kappa shape index (κ3) is 3.88. The van der Waals surface area contributed by atoms with Crippen molar-refractivity contribution < 1.29 is 9.90 Å². The largest absolute Gasteiger partial charge is 0.478 e. The zero-order valence-electron chi connectivity index (χ0n) is 17.9. The van der Waals surface area contributed by atoms with Gasteiger partial charge < -0.3 is 5.11 Å². The van der Waals surface area contributed by atoms with Crippen LogP contribution in [0, 0.1) is 13.8 Å². The molecule has 0 saturated carbocycles. The average Bonchev–Trinajstić information content (AvgIpc) is 2.73. The van der Waals surface area contributed by atoms with E-state index in [1.54, 1.807) is 18.5 Å². The van der Waals surface area contributed by atoms with E-state index in [0.29, 0.717) is 12.0 Å². The van der Waals surface area contributed by atoms with Crippen LogP contribution in [0.15, 0.2) is 54.9 Å². The number of rotatable bonds is 5. The molecule has 4 heteroatoms. The Labute approximate surface area is 178 Å². The van der Waals surface area contributed by atoms with Gasteiger partial charge in [-0.25, -0.2) is 4.79 Å². The first-order valence-electron chi connectivity index (χ1n) is 10.5. The number of fused-ring (bicyclic) bond motifs is 1. The van der Waals surface area contributed by atoms with Crippen LogP contribution in [0.2, 0.25) is 0 Å². The first-order valence-corrected chi connectivity index (χ1v) is 10.5. The Bertz CT molecular complexity index is 1070. The lowest BCUT2D eigenvalue weighted by Gasteiger charge is -2.35. The predicted octanol–water partition coefficient (Wildman–Crippen LogP) is 5.23. The molecule has 0 unspecified atom stereocenters. The van der Waals surface area contributed by atoms with E-state index in [0.717, 1.165) is 24.9 Å². The summed E-state index contributed by atoms with van der Waals surface area (Å²) >= 11 is 0. The maximum atomic E-state index is 11.5. The highest BCUT2D eigenvalue weighted by Crippen LogP contribution is 2.36. The molecule has 1 aliphatic heterocycles. The van der Waals surface area contributed by atoms with Crippen LogP contribution in [0.3, 0.4) is 0 Å². The minimum absolute atomic E-state index is 0.280. The summed E-state index contributed by atoms with van der Waals surface area (Å²) in [5.74, 6) is -0.886. The zero-order valence-corrected chi connectivity index (χ0v) is 17.9. The van der Waals surface area contributed by atoms with E-state index >= 15 is 0 Å². The topological polar surface area (TPSA) is 53.4 Å². The molecule has 2 aromatic carbocycles. The van der Waals surface area contributed by atoms with E-state index < -0.39 is 5.97 Å².